The van der Waals surface area contributed by atoms with Gasteiger partial charge in [0, 0.05) is 25.3 Å². The van der Waals surface area contributed by atoms with Crippen molar-refractivity contribution in [3.8, 4) is 0 Å². The van der Waals surface area contributed by atoms with Crippen molar-refractivity contribution in [3.05, 3.63) is 65.5 Å². The van der Waals surface area contributed by atoms with Crippen LogP contribution in [0.1, 0.15) is 17.5 Å². The van der Waals surface area contributed by atoms with Gasteiger partial charge in [0.1, 0.15) is 5.82 Å². The Labute approximate surface area is 154 Å². The maximum Gasteiger partial charge on any atom is 0.319 e. The maximum absolute atomic E-state index is 13.5. The second kappa shape index (κ2) is 8.81. The van der Waals surface area contributed by atoms with Crippen molar-refractivity contribution in [2.45, 2.75) is 19.8 Å². The Hall–Kier alpha value is -2.40. The third kappa shape index (κ3) is 5.30. The van der Waals surface area contributed by atoms with Crippen molar-refractivity contribution in [1.82, 2.24) is 10.2 Å². The smallest absolute Gasteiger partial charge is 0.319 e. The molecule has 138 valence electrons. The number of amides is 2. The fraction of sp³-hybridized carbons (Fsp3) is 0.381. The van der Waals surface area contributed by atoms with Gasteiger partial charge in [-0.1, -0.05) is 36.4 Å². The van der Waals surface area contributed by atoms with E-state index >= 15 is 0 Å². The quantitative estimate of drug-likeness (QED) is 0.827. The molecule has 1 aliphatic rings. The first-order valence-corrected chi connectivity index (χ1v) is 9.17. The summed E-state index contributed by atoms with van der Waals surface area (Å²) in [6, 6.07) is 14.9. The number of likely N-dealkylation sites (tertiary alicyclic amines) is 1. The summed E-state index contributed by atoms with van der Waals surface area (Å²) in [5.41, 5.74) is 2.40. The molecular weight excluding hydrogens is 329 g/mol. The number of halogens is 1. The average Bonchev–Trinajstić information content (AvgIpc) is 3.10. The van der Waals surface area contributed by atoms with Crippen LogP contribution in [0.5, 0.6) is 0 Å². The van der Waals surface area contributed by atoms with Crippen molar-refractivity contribution >= 4 is 11.7 Å². The second-order valence-corrected chi connectivity index (χ2v) is 6.99. The normalized spacial score (nSPS) is 17.2. The summed E-state index contributed by atoms with van der Waals surface area (Å²) in [6.45, 7) is 5.47. The number of benzene rings is 2. The van der Waals surface area contributed by atoms with E-state index in [1.54, 1.807) is 19.1 Å². The molecule has 0 saturated carbocycles. The average molecular weight is 355 g/mol. The Morgan fingerprint density at radius 3 is 2.81 bits per heavy atom. The molecule has 1 fully saturated rings. The molecular formula is C21H26FN3O. The Morgan fingerprint density at radius 1 is 1.23 bits per heavy atom. The van der Waals surface area contributed by atoms with E-state index in [0.717, 1.165) is 32.5 Å². The SMILES string of the molecule is Cc1ccc(NC(=O)NC[C@H]2CCN(CCc3ccccc3)C2)cc1F. The van der Waals surface area contributed by atoms with Crippen LogP contribution in [0.4, 0.5) is 14.9 Å². The zero-order chi connectivity index (χ0) is 18.4. The molecule has 2 aromatic carbocycles. The number of hydrogen-bond acceptors (Lipinski definition) is 2. The summed E-state index contributed by atoms with van der Waals surface area (Å²) >= 11 is 0. The van der Waals surface area contributed by atoms with Gasteiger partial charge in [-0.15, -0.1) is 0 Å². The van der Waals surface area contributed by atoms with E-state index in [-0.39, 0.29) is 11.8 Å². The van der Waals surface area contributed by atoms with Crippen LogP contribution < -0.4 is 10.6 Å². The minimum atomic E-state index is -0.312. The van der Waals surface area contributed by atoms with Crippen LogP contribution in [-0.2, 0) is 6.42 Å². The van der Waals surface area contributed by atoms with Gasteiger partial charge in [0.05, 0.1) is 0 Å². The second-order valence-electron chi connectivity index (χ2n) is 6.99. The van der Waals surface area contributed by atoms with Crippen molar-refractivity contribution in [2.24, 2.45) is 5.92 Å². The molecule has 1 heterocycles. The Bertz CT molecular complexity index is 735. The highest BCUT2D eigenvalue weighted by Gasteiger charge is 2.22. The van der Waals surface area contributed by atoms with E-state index < -0.39 is 0 Å². The highest BCUT2D eigenvalue weighted by molar-refractivity contribution is 5.89. The summed E-state index contributed by atoms with van der Waals surface area (Å²) in [5.74, 6) is 0.152. The van der Waals surface area contributed by atoms with Crippen LogP contribution in [-0.4, -0.2) is 37.1 Å². The molecule has 1 atom stereocenters. The first-order chi connectivity index (χ1) is 12.6. The molecule has 26 heavy (non-hydrogen) atoms. The van der Waals surface area contributed by atoms with Crippen LogP contribution in [0.2, 0.25) is 0 Å². The number of aryl methyl sites for hydroxylation is 1. The molecule has 5 heteroatoms. The standard InChI is InChI=1S/C21H26FN3O/c1-16-7-8-19(13-20(16)22)24-21(26)23-14-18-10-12-25(15-18)11-9-17-5-3-2-4-6-17/h2-8,13,18H,9-12,14-15H2,1H3,(H2,23,24,26)/t18-/m1/s1. The first-order valence-electron chi connectivity index (χ1n) is 9.17. The van der Waals surface area contributed by atoms with Gasteiger partial charge in [-0.05, 0) is 55.5 Å². The predicted molar refractivity (Wildman–Crippen MR) is 103 cm³/mol. The molecule has 2 amide bonds. The third-order valence-corrected chi connectivity index (χ3v) is 4.91. The third-order valence-electron chi connectivity index (χ3n) is 4.91. The summed E-state index contributed by atoms with van der Waals surface area (Å²) < 4.78 is 13.5. The first kappa shape index (κ1) is 18.4. The van der Waals surface area contributed by atoms with Crippen molar-refractivity contribution in [3.63, 3.8) is 0 Å². The van der Waals surface area contributed by atoms with Gasteiger partial charge >= 0.3 is 6.03 Å². The lowest BCUT2D eigenvalue weighted by Gasteiger charge is -2.16. The molecule has 3 rings (SSSR count). The molecule has 2 aromatic rings. The van der Waals surface area contributed by atoms with Gasteiger partial charge in [-0.2, -0.15) is 0 Å². The van der Waals surface area contributed by atoms with E-state index in [2.05, 4.69) is 39.8 Å². The zero-order valence-corrected chi connectivity index (χ0v) is 15.2. The van der Waals surface area contributed by atoms with E-state index in [9.17, 15) is 9.18 Å². The number of hydrogen-bond donors (Lipinski definition) is 2. The summed E-state index contributed by atoms with van der Waals surface area (Å²) in [4.78, 5) is 14.5. The van der Waals surface area contributed by atoms with Gasteiger partial charge in [-0.3, -0.25) is 0 Å². The molecule has 0 bridgehead atoms. The molecule has 0 aliphatic carbocycles. The summed E-state index contributed by atoms with van der Waals surface area (Å²) in [7, 11) is 0. The maximum atomic E-state index is 13.5. The fourth-order valence-corrected chi connectivity index (χ4v) is 3.30. The summed E-state index contributed by atoms with van der Waals surface area (Å²) in [5, 5.41) is 5.59. The number of urea groups is 1. The van der Waals surface area contributed by atoms with Crippen molar-refractivity contribution in [1.29, 1.82) is 0 Å². The number of nitrogens with one attached hydrogen (secondary N) is 2. The molecule has 2 N–H and O–H groups in total. The monoisotopic (exact) mass is 355 g/mol. The van der Waals surface area contributed by atoms with E-state index in [4.69, 9.17) is 0 Å². The Kier molecular flexibility index (Phi) is 6.23. The molecule has 0 aromatic heterocycles. The largest absolute Gasteiger partial charge is 0.338 e. The van der Waals surface area contributed by atoms with Gasteiger partial charge in [-0.25, -0.2) is 9.18 Å². The molecule has 0 spiro atoms. The Morgan fingerprint density at radius 2 is 2.04 bits per heavy atom. The van der Waals surface area contributed by atoms with Gasteiger partial charge in [0.25, 0.3) is 0 Å². The number of carbonyl (C=O) groups excluding carboxylic acids is 1. The highest BCUT2D eigenvalue weighted by Crippen LogP contribution is 2.16. The van der Waals surface area contributed by atoms with E-state index in [1.807, 2.05) is 6.07 Å². The summed E-state index contributed by atoms with van der Waals surface area (Å²) in [6.07, 6.45) is 2.15. The van der Waals surface area contributed by atoms with Gasteiger partial charge in [0.15, 0.2) is 0 Å². The fourth-order valence-electron chi connectivity index (χ4n) is 3.30. The Balaban J connectivity index is 1.37. The van der Waals surface area contributed by atoms with Crippen LogP contribution in [0.25, 0.3) is 0 Å². The lowest BCUT2D eigenvalue weighted by molar-refractivity contribution is 0.249. The zero-order valence-electron chi connectivity index (χ0n) is 15.2. The number of anilines is 1. The van der Waals surface area contributed by atoms with Crippen molar-refractivity contribution in [2.75, 3.05) is 31.5 Å². The van der Waals surface area contributed by atoms with E-state index in [1.165, 1.54) is 11.6 Å². The van der Waals surface area contributed by atoms with Crippen LogP contribution in [0, 0.1) is 18.7 Å². The highest BCUT2D eigenvalue weighted by atomic mass is 19.1. The van der Waals surface area contributed by atoms with Crippen LogP contribution in [0.15, 0.2) is 48.5 Å². The topological polar surface area (TPSA) is 44.4 Å². The number of carbonyl (C=O) groups is 1. The van der Waals surface area contributed by atoms with Gasteiger partial charge < -0.3 is 15.5 Å². The number of rotatable bonds is 6. The van der Waals surface area contributed by atoms with Gasteiger partial charge in [0.2, 0.25) is 0 Å². The minimum absolute atomic E-state index is 0.281. The molecule has 0 unspecified atom stereocenters. The molecule has 4 nitrogen and oxygen atoms in total. The lowest BCUT2D eigenvalue weighted by Crippen LogP contribution is -2.34. The minimum Gasteiger partial charge on any atom is -0.338 e. The molecule has 1 aliphatic heterocycles. The van der Waals surface area contributed by atoms with E-state index in [0.29, 0.717) is 23.7 Å². The van der Waals surface area contributed by atoms with Crippen LogP contribution >= 0.6 is 0 Å². The molecule has 1 saturated heterocycles. The number of nitrogens with zero attached hydrogens (tertiary/aromatic N) is 1. The molecule has 0 radical (unpaired) electrons. The van der Waals surface area contributed by atoms with Crippen molar-refractivity contribution < 1.29 is 9.18 Å². The van der Waals surface area contributed by atoms with Crippen LogP contribution in [0.3, 0.4) is 0 Å². The lowest BCUT2D eigenvalue weighted by atomic mass is 10.1. The predicted octanol–water partition coefficient (Wildman–Crippen LogP) is 3.82.